The van der Waals surface area contributed by atoms with E-state index in [-0.39, 0.29) is 11.8 Å². The highest BCUT2D eigenvalue weighted by molar-refractivity contribution is 7.99. The number of ether oxygens (including phenoxy) is 1. The molecule has 21 heavy (non-hydrogen) atoms. The summed E-state index contributed by atoms with van der Waals surface area (Å²) in [7, 11) is 1.44. The van der Waals surface area contributed by atoms with Crippen molar-refractivity contribution >= 4 is 23.4 Å². The summed E-state index contributed by atoms with van der Waals surface area (Å²) in [4.78, 5) is 1.04. The lowest BCUT2D eigenvalue weighted by molar-refractivity contribution is 0.385. The van der Waals surface area contributed by atoms with Crippen molar-refractivity contribution in [3.05, 3.63) is 58.9 Å². The van der Waals surface area contributed by atoms with Crippen molar-refractivity contribution in [3.63, 3.8) is 0 Å². The van der Waals surface area contributed by atoms with E-state index in [1.165, 1.54) is 13.2 Å². The number of thioether (sulfide) groups is 1. The molecule has 0 spiro atoms. The lowest BCUT2D eigenvalue weighted by atomic mass is 10.1. The van der Waals surface area contributed by atoms with Crippen LogP contribution < -0.4 is 16.0 Å². The maximum atomic E-state index is 13.7. The molecule has 0 aromatic heterocycles. The molecule has 0 fully saturated rings. The third kappa shape index (κ3) is 4.35. The van der Waals surface area contributed by atoms with Gasteiger partial charge in [0.15, 0.2) is 11.6 Å². The highest BCUT2D eigenvalue weighted by atomic mass is 35.5. The Kier molecular flexibility index (Phi) is 5.87. The number of nitrogens with one attached hydrogen (secondary N) is 1. The van der Waals surface area contributed by atoms with Gasteiger partial charge in [-0.05, 0) is 35.9 Å². The van der Waals surface area contributed by atoms with Gasteiger partial charge in [-0.2, -0.15) is 0 Å². The second-order valence-electron chi connectivity index (χ2n) is 4.38. The topological polar surface area (TPSA) is 47.3 Å². The molecule has 0 heterocycles. The van der Waals surface area contributed by atoms with Crippen molar-refractivity contribution in [2.24, 2.45) is 5.84 Å². The van der Waals surface area contributed by atoms with Gasteiger partial charge in [-0.1, -0.05) is 23.7 Å². The van der Waals surface area contributed by atoms with Gasteiger partial charge in [0.2, 0.25) is 0 Å². The molecule has 0 saturated carbocycles. The minimum absolute atomic E-state index is 0.172. The zero-order chi connectivity index (χ0) is 15.2. The highest BCUT2D eigenvalue weighted by Crippen LogP contribution is 2.28. The maximum absolute atomic E-state index is 13.7. The van der Waals surface area contributed by atoms with Crippen LogP contribution in [-0.2, 0) is 0 Å². The maximum Gasteiger partial charge on any atom is 0.165 e. The molecule has 0 aliphatic rings. The van der Waals surface area contributed by atoms with Gasteiger partial charge in [-0.3, -0.25) is 11.3 Å². The van der Waals surface area contributed by atoms with Crippen LogP contribution in [-0.4, -0.2) is 12.9 Å². The van der Waals surface area contributed by atoms with Gasteiger partial charge >= 0.3 is 0 Å². The highest BCUT2D eigenvalue weighted by Gasteiger charge is 2.13. The Bertz CT molecular complexity index is 612. The Labute approximate surface area is 132 Å². The van der Waals surface area contributed by atoms with Crippen molar-refractivity contribution in [3.8, 4) is 5.75 Å². The van der Waals surface area contributed by atoms with Gasteiger partial charge in [0.05, 0.1) is 13.2 Å². The number of methoxy groups -OCH3 is 1. The molecule has 0 saturated heterocycles. The standard InChI is InChI=1S/C15H16ClFN2OS/c1-20-15-6-5-10(7-13(15)17)14(19-18)9-21-12-4-2-3-11(16)8-12/h2-8,14,19H,9,18H2,1H3. The summed E-state index contributed by atoms with van der Waals surface area (Å²) in [5, 5.41) is 0.688. The van der Waals surface area contributed by atoms with E-state index >= 15 is 0 Å². The SMILES string of the molecule is COc1ccc(C(CSc2cccc(Cl)c2)NN)cc1F. The van der Waals surface area contributed by atoms with Crippen LogP contribution in [0, 0.1) is 5.82 Å². The largest absolute Gasteiger partial charge is 0.494 e. The summed E-state index contributed by atoms with van der Waals surface area (Å²) >= 11 is 7.55. The van der Waals surface area contributed by atoms with Crippen LogP contribution in [0.2, 0.25) is 5.02 Å². The second kappa shape index (κ2) is 7.66. The molecular formula is C15H16ClFN2OS. The molecular weight excluding hydrogens is 311 g/mol. The van der Waals surface area contributed by atoms with Gasteiger partial charge in [-0.25, -0.2) is 4.39 Å². The lowest BCUT2D eigenvalue weighted by Gasteiger charge is -2.16. The summed E-state index contributed by atoms with van der Waals surface area (Å²) in [5.74, 6) is 6.05. The molecule has 6 heteroatoms. The zero-order valence-electron chi connectivity index (χ0n) is 11.5. The van der Waals surface area contributed by atoms with Gasteiger partial charge in [0.25, 0.3) is 0 Å². The van der Waals surface area contributed by atoms with Crippen LogP contribution in [0.5, 0.6) is 5.75 Å². The Balaban J connectivity index is 2.07. The molecule has 3 nitrogen and oxygen atoms in total. The molecule has 0 radical (unpaired) electrons. The molecule has 0 aliphatic heterocycles. The predicted molar refractivity (Wildman–Crippen MR) is 85.2 cm³/mol. The minimum atomic E-state index is -0.400. The molecule has 1 unspecified atom stereocenters. The van der Waals surface area contributed by atoms with Crippen molar-refractivity contribution in [2.75, 3.05) is 12.9 Å². The molecule has 2 aromatic carbocycles. The average Bonchev–Trinajstić information content (AvgIpc) is 2.48. The fourth-order valence-corrected chi connectivity index (χ4v) is 3.16. The smallest absolute Gasteiger partial charge is 0.165 e. The first-order chi connectivity index (χ1) is 10.1. The summed E-state index contributed by atoms with van der Waals surface area (Å²) in [6.45, 7) is 0. The molecule has 3 N–H and O–H groups in total. The number of benzene rings is 2. The van der Waals surface area contributed by atoms with Crippen LogP contribution in [0.4, 0.5) is 4.39 Å². The lowest BCUT2D eigenvalue weighted by Crippen LogP contribution is -2.29. The number of nitrogens with two attached hydrogens (primary N) is 1. The average molecular weight is 327 g/mol. The van der Waals surface area contributed by atoms with E-state index in [1.54, 1.807) is 23.9 Å². The summed E-state index contributed by atoms with van der Waals surface area (Å²) in [6.07, 6.45) is 0. The Hall–Kier alpha value is -1.27. The Morgan fingerprint density at radius 1 is 1.33 bits per heavy atom. The van der Waals surface area contributed by atoms with E-state index < -0.39 is 5.82 Å². The van der Waals surface area contributed by atoms with Crippen LogP contribution in [0.25, 0.3) is 0 Å². The van der Waals surface area contributed by atoms with Crippen molar-refractivity contribution in [2.45, 2.75) is 10.9 Å². The molecule has 112 valence electrons. The minimum Gasteiger partial charge on any atom is -0.494 e. The van der Waals surface area contributed by atoms with Crippen LogP contribution >= 0.6 is 23.4 Å². The molecule has 2 rings (SSSR count). The van der Waals surface area contributed by atoms with E-state index in [9.17, 15) is 4.39 Å². The second-order valence-corrected chi connectivity index (χ2v) is 5.91. The summed E-state index contributed by atoms with van der Waals surface area (Å²) in [6, 6.07) is 12.2. The molecule has 1 atom stereocenters. The first kappa shape index (κ1) is 16.1. The first-order valence-corrected chi connectivity index (χ1v) is 7.68. The zero-order valence-corrected chi connectivity index (χ0v) is 13.0. The van der Waals surface area contributed by atoms with E-state index in [1.807, 2.05) is 24.3 Å². The van der Waals surface area contributed by atoms with E-state index in [0.717, 1.165) is 10.5 Å². The van der Waals surface area contributed by atoms with Gasteiger partial charge < -0.3 is 4.74 Å². The normalized spacial score (nSPS) is 12.2. The van der Waals surface area contributed by atoms with Gasteiger partial charge in [0, 0.05) is 15.7 Å². The van der Waals surface area contributed by atoms with Crippen LogP contribution in [0.3, 0.4) is 0 Å². The fourth-order valence-electron chi connectivity index (χ4n) is 1.88. The number of hydrogen-bond donors (Lipinski definition) is 2. The number of hydrogen-bond acceptors (Lipinski definition) is 4. The molecule has 0 amide bonds. The molecule has 0 aliphatic carbocycles. The molecule has 0 bridgehead atoms. The monoisotopic (exact) mass is 326 g/mol. The Morgan fingerprint density at radius 2 is 2.14 bits per heavy atom. The van der Waals surface area contributed by atoms with E-state index in [2.05, 4.69) is 5.43 Å². The van der Waals surface area contributed by atoms with E-state index in [0.29, 0.717) is 10.8 Å². The first-order valence-electron chi connectivity index (χ1n) is 6.32. The van der Waals surface area contributed by atoms with Crippen LogP contribution in [0.1, 0.15) is 11.6 Å². The third-order valence-corrected chi connectivity index (χ3v) is 4.31. The summed E-state index contributed by atoms with van der Waals surface area (Å²) < 4.78 is 18.7. The number of rotatable bonds is 6. The van der Waals surface area contributed by atoms with Crippen molar-refractivity contribution in [1.82, 2.24) is 5.43 Å². The van der Waals surface area contributed by atoms with Crippen LogP contribution in [0.15, 0.2) is 47.4 Å². The van der Waals surface area contributed by atoms with Crippen molar-refractivity contribution < 1.29 is 9.13 Å². The van der Waals surface area contributed by atoms with Gasteiger partial charge in [-0.15, -0.1) is 11.8 Å². The summed E-state index contributed by atoms with van der Waals surface area (Å²) in [5.41, 5.74) is 3.48. The molecule has 2 aromatic rings. The third-order valence-electron chi connectivity index (χ3n) is 2.99. The Morgan fingerprint density at radius 3 is 2.76 bits per heavy atom. The van der Waals surface area contributed by atoms with Crippen molar-refractivity contribution in [1.29, 1.82) is 0 Å². The number of hydrazine groups is 1. The quantitative estimate of drug-likeness (QED) is 0.482. The van der Waals surface area contributed by atoms with Gasteiger partial charge in [0.1, 0.15) is 0 Å². The van der Waals surface area contributed by atoms with E-state index in [4.69, 9.17) is 22.2 Å². The number of halogens is 2. The predicted octanol–water partition coefficient (Wildman–Crippen LogP) is 3.78. The fraction of sp³-hybridized carbons (Fsp3) is 0.200.